The summed E-state index contributed by atoms with van der Waals surface area (Å²) in [4.78, 5) is 22.0. The summed E-state index contributed by atoms with van der Waals surface area (Å²) in [6.45, 7) is 8.25. The van der Waals surface area contributed by atoms with Crippen molar-refractivity contribution in [3.8, 4) is 0 Å². The molecule has 0 aliphatic rings. The lowest BCUT2D eigenvalue weighted by Crippen LogP contribution is -2.39. The van der Waals surface area contributed by atoms with Gasteiger partial charge >= 0.3 is 11.9 Å². The van der Waals surface area contributed by atoms with Crippen LogP contribution < -0.4 is 0 Å². The summed E-state index contributed by atoms with van der Waals surface area (Å²) in [5.74, 6) is -2.71. The number of aliphatic carboxylic acids is 2. The second kappa shape index (κ2) is 5.75. The van der Waals surface area contributed by atoms with E-state index in [0.29, 0.717) is 0 Å². The van der Waals surface area contributed by atoms with Gasteiger partial charge in [0.05, 0.1) is 0 Å². The Bertz CT molecular complexity index is 325. The van der Waals surface area contributed by atoms with E-state index in [1.807, 2.05) is 0 Å². The third-order valence-electron chi connectivity index (χ3n) is 2.83. The summed E-state index contributed by atoms with van der Waals surface area (Å²) in [5.41, 5.74) is -1.39. The first-order chi connectivity index (χ1) is 7.62. The summed E-state index contributed by atoms with van der Waals surface area (Å²) in [6.07, 6.45) is 0. The van der Waals surface area contributed by atoms with E-state index in [2.05, 4.69) is 10.2 Å². The molecule has 0 saturated carbocycles. The molecule has 0 amide bonds. The second-order valence-corrected chi connectivity index (χ2v) is 4.85. The third-order valence-corrected chi connectivity index (χ3v) is 2.83. The van der Waals surface area contributed by atoms with Crippen molar-refractivity contribution >= 4 is 11.9 Å². The molecule has 0 aromatic rings. The van der Waals surface area contributed by atoms with Gasteiger partial charge in [0.25, 0.3) is 0 Å². The van der Waals surface area contributed by atoms with Crippen LogP contribution in [0.3, 0.4) is 0 Å². The van der Waals surface area contributed by atoms with Crippen LogP contribution in [-0.4, -0.2) is 33.7 Å². The number of rotatable bonds is 6. The third kappa shape index (κ3) is 3.80. The first-order valence-corrected chi connectivity index (χ1v) is 5.51. The highest BCUT2D eigenvalue weighted by atomic mass is 16.4. The minimum absolute atomic E-state index is 0.235. The van der Waals surface area contributed by atoms with Gasteiger partial charge < -0.3 is 10.2 Å². The molecule has 2 atom stereocenters. The number of carboxylic acid groups (broad SMARTS) is 2. The average Bonchev–Trinajstić information content (AvgIpc) is 2.15. The predicted molar refractivity (Wildman–Crippen MR) is 62.0 cm³/mol. The highest BCUT2D eigenvalue weighted by molar-refractivity contribution is 5.79. The summed E-state index contributed by atoms with van der Waals surface area (Å²) in [6, 6.07) is -1.01. The van der Waals surface area contributed by atoms with Crippen LogP contribution in [-0.2, 0) is 9.59 Å². The first kappa shape index (κ1) is 15.5. The molecule has 6 heteroatoms. The molecule has 2 N–H and O–H groups in total. The average molecular weight is 244 g/mol. The molecule has 0 rings (SSSR count). The molecule has 0 aromatic heterocycles. The first-order valence-electron chi connectivity index (χ1n) is 5.51. The molecule has 17 heavy (non-hydrogen) atoms. The van der Waals surface area contributed by atoms with E-state index in [1.54, 1.807) is 27.7 Å². The molecule has 98 valence electrons. The van der Waals surface area contributed by atoms with E-state index in [4.69, 9.17) is 10.2 Å². The lowest BCUT2D eigenvalue weighted by Gasteiger charge is -2.23. The summed E-state index contributed by atoms with van der Waals surface area (Å²) in [7, 11) is 0. The second-order valence-electron chi connectivity index (χ2n) is 4.85. The maximum atomic E-state index is 11.1. The molecular formula is C11H20N2O4. The molecule has 0 heterocycles. The van der Waals surface area contributed by atoms with Crippen LogP contribution in [0.2, 0.25) is 0 Å². The lowest BCUT2D eigenvalue weighted by atomic mass is 9.90. The van der Waals surface area contributed by atoms with E-state index in [0.717, 1.165) is 0 Å². The number of azo groups is 1. The molecule has 0 radical (unpaired) electrons. The van der Waals surface area contributed by atoms with Crippen molar-refractivity contribution in [3.05, 3.63) is 0 Å². The van der Waals surface area contributed by atoms with Gasteiger partial charge in [-0.3, -0.25) is 0 Å². The van der Waals surface area contributed by atoms with Crippen molar-refractivity contribution in [1.82, 2.24) is 0 Å². The van der Waals surface area contributed by atoms with Crippen molar-refractivity contribution in [3.63, 3.8) is 0 Å². The van der Waals surface area contributed by atoms with Crippen LogP contribution in [0.4, 0.5) is 0 Å². The quantitative estimate of drug-likeness (QED) is 0.698. The van der Waals surface area contributed by atoms with Gasteiger partial charge in [0.1, 0.15) is 0 Å². The maximum Gasteiger partial charge on any atom is 0.333 e. The molecule has 0 spiro atoms. The van der Waals surface area contributed by atoms with Crippen molar-refractivity contribution < 1.29 is 19.8 Å². The van der Waals surface area contributed by atoms with E-state index < -0.39 is 23.5 Å². The fourth-order valence-corrected chi connectivity index (χ4v) is 1.06. The molecule has 2 unspecified atom stereocenters. The monoisotopic (exact) mass is 244 g/mol. The number of hydrogen-bond acceptors (Lipinski definition) is 4. The highest BCUT2D eigenvalue weighted by Gasteiger charge is 2.37. The van der Waals surface area contributed by atoms with Crippen molar-refractivity contribution in [2.45, 2.75) is 46.2 Å². The smallest absolute Gasteiger partial charge is 0.333 e. The zero-order chi connectivity index (χ0) is 13.8. The Kier molecular flexibility index (Phi) is 5.25. The van der Waals surface area contributed by atoms with Gasteiger partial charge in [0.15, 0.2) is 11.6 Å². The zero-order valence-electron chi connectivity index (χ0n) is 10.8. The van der Waals surface area contributed by atoms with E-state index in [1.165, 1.54) is 6.92 Å². The van der Waals surface area contributed by atoms with Crippen molar-refractivity contribution in [2.75, 3.05) is 0 Å². The van der Waals surface area contributed by atoms with Gasteiger partial charge in [-0.05, 0) is 18.8 Å². The van der Waals surface area contributed by atoms with Gasteiger partial charge in [0.2, 0.25) is 0 Å². The van der Waals surface area contributed by atoms with E-state index in [9.17, 15) is 9.59 Å². The summed E-state index contributed by atoms with van der Waals surface area (Å²) < 4.78 is 0. The molecule has 0 fully saturated rings. The Morgan fingerprint density at radius 3 is 1.82 bits per heavy atom. The maximum absolute atomic E-state index is 11.1. The number of hydrogen-bond donors (Lipinski definition) is 2. The van der Waals surface area contributed by atoms with E-state index in [-0.39, 0.29) is 11.8 Å². The van der Waals surface area contributed by atoms with Gasteiger partial charge in [-0.2, -0.15) is 10.2 Å². The van der Waals surface area contributed by atoms with Crippen molar-refractivity contribution in [1.29, 1.82) is 0 Å². The fourth-order valence-electron chi connectivity index (χ4n) is 1.06. The van der Waals surface area contributed by atoms with Crippen LogP contribution in [0.15, 0.2) is 10.2 Å². The molecule has 0 aliphatic carbocycles. The predicted octanol–water partition coefficient (Wildman–Crippen LogP) is 2.05. The van der Waals surface area contributed by atoms with Gasteiger partial charge in [-0.25, -0.2) is 9.59 Å². The minimum atomic E-state index is -1.39. The van der Waals surface area contributed by atoms with Crippen LogP contribution in [0.1, 0.15) is 34.6 Å². The summed E-state index contributed by atoms with van der Waals surface area (Å²) in [5, 5.41) is 25.4. The Morgan fingerprint density at radius 1 is 1.12 bits per heavy atom. The van der Waals surface area contributed by atoms with Crippen LogP contribution in [0, 0.1) is 11.8 Å². The molecule has 0 aromatic carbocycles. The normalized spacial score (nSPS) is 17.4. The largest absolute Gasteiger partial charge is 0.480 e. The highest BCUT2D eigenvalue weighted by Crippen LogP contribution is 2.23. The van der Waals surface area contributed by atoms with Gasteiger partial charge in [0, 0.05) is 0 Å². The van der Waals surface area contributed by atoms with Crippen LogP contribution >= 0.6 is 0 Å². The van der Waals surface area contributed by atoms with Gasteiger partial charge in [-0.1, -0.05) is 27.7 Å². The van der Waals surface area contributed by atoms with E-state index >= 15 is 0 Å². The molecular weight excluding hydrogens is 224 g/mol. The molecule has 0 aliphatic heterocycles. The molecule has 0 bridgehead atoms. The lowest BCUT2D eigenvalue weighted by molar-refractivity contribution is -0.145. The topological polar surface area (TPSA) is 99.3 Å². The van der Waals surface area contributed by atoms with Gasteiger partial charge in [-0.15, -0.1) is 0 Å². The Morgan fingerprint density at radius 2 is 1.59 bits per heavy atom. The fraction of sp³-hybridized carbons (Fsp3) is 0.818. The standard InChI is InChI=1S/C11H20N2O4/c1-6(2)8(9(14)15)12-13-11(5,7(3)4)10(16)17/h6-8H,1-5H3,(H,14,15)(H,16,17). The van der Waals surface area contributed by atoms with Crippen LogP contribution in [0.25, 0.3) is 0 Å². The minimum Gasteiger partial charge on any atom is -0.480 e. The Balaban J connectivity index is 5.12. The zero-order valence-corrected chi connectivity index (χ0v) is 10.8. The molecule has 0 saturated heterocycles. The Hall–Kier alpha value is -1.46. The molecule has 6 nitrogen and oxygen atoms in total. The SMILES string of the molecule is CC(C)C(N=NC(C)(C(=O)O)C(C)C)C(=O)O. The Labute approximate surface area is 101 Å². The number of carboxylic acids is 2. The number of nitrogens with zero attached hydrogens (tertiary/aromatic N) is 2. The number of carbonyl (C=O) groups is 2. The van der Waals surface area contributed by atoms with Crippen LogP contribution in [0.5, 0.6) is 0 Å². The summed E-state index contributed by atoms with van der Waals surface area (Å²) >= 11 is 0. The van der Waals surface area contributed by atoms with Crippen molar-refractivity contribution in [2.24, 2.45) is 22.1 Å².